The third-order valence-electron chi connectivity index (χ3n) is 3.55. The van der Waals surface area contributed by atoms with Crippen LogP contribution < -0.4 is 5.32 Å². The topological polar surface area (TPSA) is 15.3 Å². The monoisotopic (exact) mass is 252 g/mol. The van der Waals surface area contributed by atoms with Crippen molar-refractivity contribution in [2.24, 2.45) is 0 Å². The first-order valence-corrected chi connectivity index (χ1v) is 6.33. The maximum Gasteiger partial charge on any atom is 0.401 e. The molecule has 0 heterocycles. The Morgan fingerprint density at radius 3 is 2.41 bits per heavy atom. The summed E-state index contributed by atoms with van der Waals surface area (Å²) in [7, 11) is 1.89. The van der Waals surface area contributed by atoms with Crippen molar-refractivity contribution in [1.82, 2.24) is 10.2 Å². The highest BCUT2D eigenvalue weighted by Gasteiger charge is 2.36. The van der Waals surface area contributed by atoms with Crippen LogP contribution in [0.3, 0.4) is 0 Å². The lowest BCUT2D eigenvalue weighted by molar-refractivity contribution is -0.157. The maximum absolute atomic E-state index is 12.5. The van der Waals surface area contributed by atoms with Crippen LogP contribution in [0.2, 0.25) is 0 Å². The molecule has 102 valence electrons. The molecule has 0 spiro atoms. The molecule has 0 saturated heterocycles. The largest absolute Gasteiger partial charge is 0.401 e. The van der Waals surface area contributed by atoms with Crippen LogP contribution in [-0.4, -0.2) is 42.8 Å². The molecule has 1 aliphatic rings. The van der Waals surface area contributed by atoms with Crippen molar-refractivity contribution >= 4 is 0 Å². The van der Waals surface area contributed by atoms with Gasteiger partial charge in [-0.05, 0) is 40.2 Å². The van der Waals surface area contributed by atoms with Crippen LogP contribution in [0, 0.1) is 0 Å². The second kappa shape index (κ2) is 6.05. The molecule has 0 amide bonds. The molecule has 0 aromatic carbocycles. The lowest BCUT2D eigenvalue weighted by atomic mass is 9.89. The summed E-state index contributed by atoms with van der Waals surface area (Å²) in [5, 5.41) is 3.18. The minimum atomic E-state index is -4.10. The summed E-state index contributed by atoms with van der Waals surface area (Å²) in [6.07, 6.45) is -0.309. The van der Waals surface area contributed by atoms with Crippen molar-refractivity contribution in [1.29, 1.82) is 0 Å². The molecule has 2 nitrogen and oxygen atoms in total. The predicted molar refractivity (Wildman–Crippen MR) is 63.0 cm³/mol. The van der Waals surface area contributed by atoms with E-state index in [0.717, 1.165) is 25.7 Å². The van der Waals surface area contributed by atoms with Gasteiger partial charge in [0.25, 0.3) is 0 Å². The SMILES string of the molecule is CNC1CCCC(N(CC(F)(F)F)C(C)C)C1. The Kier molecular flexibility index (Phi) is 5.25. The van der Waals surface area contributed by atoms with Crippen LogP contribution in [0.15, 0.2) is 0 Å². The first-order valence-electron chi connectivity index (χ1n) is 6.33. The summed E-state index contributed by atoms with van der Waals surface area (Å²) in [4.78, 5) is 1.60. The zero-order valence-electron chi connectivity index (χ0n) is 10.8. The Bertz CT molecular complexity index is 228. The number of nitrogens with one attached hydrogen (secondary N) is 1. The van der Waals surface area contributed by atoms with E-state index in [2.05, 4.69) is 5.32 Å². The van der Waals surface area contributed by atoms with Crippen molar-refractivity contribution in [2.75, 3.05) is 13.6 Å². The lowest BCUT2D eigenvalue weighted by Gasteiger charge is -2.40. The van der Waals surface area contributed by atoms with E-state index in [1.54, 1.807) is 4.90 Å². The Balaban J connectivity index is 2.63. The molecule has 2 atom stereocenters. The van der Waals surface area contributed by atoms with Gasteiger partial charge in [0.05, 0.1) is 6.54 Å². The van der Waals surface area contributed by atoms with Crippen LogP contribution in [0.1, 0.15) is 39.5 Å². The van der Waals surface area contributed by atoms with Crippen molar-refractivity contribution < 1.29 is 13.2 Å². The molecule has 1 aliphatic carbocycles. The number of hydrogen-bond donors (Lipinski definition) is 1. The highest BCUT2D eigenvalue weighted by Crippen LogP contribution is 2.27. The summed E-state index contributed by atoms with van der Waals surface area (Å²) < 4.78 is 37.6. The molecule has 5 heteroatoms. The molecule has 0 bridgehead atoms. The molecule has 1 saturated carbocycles. The average Bonchev–Trinajstić information content (AvgIpc) is 2.24. The number of hydrogen-bond acceptors (Lipinski definition) is 2. The second-order valence-corrected chi connectivity index (χ2v) is 5.19. The van der Waals surface area contributed by atoms with Gasteiger partial charge in [-0.3, -0.25) is 4.90 Å². The molecule has 0 aliphatic heterocycles. The predicted octanol–water partition coefficient (Wildman–Crippen LogP) is 2.79. The maximum atomic E-state index is 12.5. The molecule has 1 rings (SSSR count). The fourth-order valence-corrected chi connectivity index (χ4v) is 2.67. The third-order valence-corrected chi connectivity index (χ3v) is 3.55. The second-order valence-electron chi connectivity index (χ2n) is 5.19. The van der Waals surface area contributed by atoms with Gasteiger partial charge < -0.3 is 5.32 Å². The van der Waals surface area contributed by atoms with Gasteiger partial charge in [-0.15, -0.1) is 0 Å². The summed E-state index contributed by atoms with van der Waals surface area (Å²) in [5.74, 6) is 0. The lowest BCUT2D eigenvalue weighted by Crippen LogP contribution is -2.49. The molecule has 2 unspecified atom stereocenters. The Labute approximate surface area is 102 Å². The van der Waals surface area contributed by atoms with Crippen LogP contribution in [0.4, 0.5) is 13.2 Å². The summed E-state index contributed by atoms with van der Waals surface area (Å²) in [5.41, 5.74) is 0. The average molecular weight is 252 g/mol. The molecule has 0 aromatic rings. The van der Waals surface area contributed by atoms with Gasteiger partial charge in [0.1, 0.15) is 0 Å². The number of rotatable bonds is 4. The van der Waals surface area contributed by atoms with Gasteiger partial charge in [0, 0.05) is 18.1 Å². The Morgan fingerprint density at radius 2 is 1.94 bits per heavy atom. The van der Waals surface area contributed by atoms with Crippen LogP contribution in [-0.2, 0) is 0 Å². The van der Waals surface area contributed by atoms with Crippen molar-refractivity contribution in [3.63, 3.8) is 0 Å². The fraction of sp³-hybridized carbons (Fsp3) is 1.00. The third kappa shape index (κ3) is 4.84. The molecule has 1 fully saturated rings. The normalized spacial score (nSPS) is 26.8. The number of halogens is 3. The molecule has 0 radical (unpaired) electrons. The highest BCUT2D eigenvalue weighted by molar-refractivity contribution is 4.85. The van der Waals surface area contributed by atoms with Crippen molar-refractivity contribution in [2.45, 2.75) is 63.8 Å². The number of alkyl halides is 3. The molecule has 17 heavy (non-hydrogen) atoms. The zero-order valence-corrected chi connectivity index (χ0v) is 10.8. The fourth-order valence-electron chi connectivity index (χ4n) is 2.67. The van der Waals surface area contributed by atoms with E-state index < -0.39 is 12.7 Å². The molecular formula is C12H23F3N2. The van der Waals surface area contributed by atoms with E-state index in [1.807, 2.05) is 20.9 Å². The summed E-state index contributed by atoms with van der Waals surface area (Å²) in [6.45, 7) is 2.90. The molecule has 1 N–H and O–H groups in total. The number of nitrogens with zero attached hydrogens (tertiary/aromatic N) is 1. The summed E-state index contributed by atoms with van der Waals surface area (Å²) >= 11 is 0. The Morgan fingerprint density at radius 1 is 1.29 bits per heavy atom. The quantitative estimate of drug-likeness (QED) is 0.827. The summed E-state index contributed by atoms with van der Waals surface area (Å²) in [6, 6.07) is 0.364. The molecular weight excluding hydrogens is 229 g/mol. The molecule has 0 aromatic heterocycles. The standard InChI is InChI=1S/C12H23F3N2/c1-9(2)17(8-12(13,14)15)11-6-4-5-10(7-11)16-3/h9-11,16H,4-8H2,1-3H3. The van der Waals surface area contributed by atoms with E-state index in [0.29, 0.717) is 6.04 Å². The van der Waals surface area contributed by atoms with E-state index in [4.69, 9.17) is 0 Å². The van der Waals surface area contributed by atoms with Gasteiger partial charge in [-0.25, -0.2) is 0 Å². The smallest absolute Gasteiger partial charge is 0.317 e. The van der Waals surface area contributed by atoms with Gasteiger partial charge >= 0.3 is 6.18 Å². The zero-order chi connectivity index (χ0) is 13.1. The van der Waals surface area contributed by atoms with Gasteiger partial charge in [0.2, 0.25) is 0 Å². The first-order chi connectivity index (χ1) is 7.83. The van der Waals surface area contributed by atoms with Crippen LogP contribution >= 0.6 is 0 Å². The minimum Gasteiger partial charge on any atom is -0.317 e. The van der Waals surface area contributed by atoms with Crippen LogP contribution in [0.5, 0.6) is 0 Å². The van der Waals surface area contributed by atoms with Crippen molar-refractivity contribution in [3.05, 3.63) is 0 Å². The van der Waals surface area contributed by atoms with E-state index in [-0.39, 0.29) is 12.1 Å². The van der Waals surface area contributed by atoms with Crippen LogP contribution in [0.25, 0.3) is 0 Å². The highest BCUT2D eigenvalue weighted by atomic mass is 19.4. The van der Waals surface area contributed by atoms with Crippen molar-refractivity contribution in [3.8, 4) is 0 Å². The van der Waals surface area contributed by atoms with E-state index >= 15 is 0 Å². The first kappa shape index (κ1) is 14.8. The van der Waals surface area contributed by atoms with Gasteiger partial charge in [-0.1, -0.05) is 6.42 Å². The van der Waals surface area contributed by atoms with E-state index in [1.165, 1.54) is 0 Å². The Hall–Kier alpha value is -0.290. The van der Waals surface area contributed by atoms with E-state index in [9.17, 15) is 13.2 Å². The van der Waals surface area contributed by atoms with Gasteiger partial charge in [-0.2, -0.15) is 13.2 Å². The van der Waals surface area contributed by atoms with Gasteiger partial charge in [0.15, 0.2) is 0 Å². The minimum absolute atomic E-state index is 0.0581.